The first-order valence-corrected chi connectivity index (χ1v) is 13.3. The van der Waals surface area contributed by atoms with Crippen LogP contribution in [0.5, 0.6) is 0 Å². The molecule has 0 aliphatic carbocycles. The maximum Gasteiger partial charge on any atom is 0.244 e. The van der Waals surface area contributed by atoms with E-state index < -0.39 is 0 Å². The third-order valence-electron chi connectivity index (χ3n) is 8.72. The van der Waals surface area contributed by atoms with Crippen LogP contribution in [0.4, 0.5) is 0 Å². The zero-order valence-electron chi connectivity index (χ0n) is 22.7. The van der Waals surface area contributed by atoms with E-state index in [1.165, 1.54) is 82.1 Å². The normalized spacial score (nSPS) is 11.5. The van der Waals surface area contributed by atoms with Crippen molar-refractivity contribution in [3.8, 4) is 0 Å². The zero-order valence-corrected chi connectivity index (χ0v) is 22.7. The van der Waals surface area contributed by atoms with Gasteiger partial charge in [-0.15, -0.1) is 0 Å². The van der Waals surface area contributed by atoms with E-state index in [9.17, 15) is 0 Å². The van der Waals surface area contributed by atoms with E-state index in [1.807, 2.05) is 0 Å². The first-order chi connectivity index (χ1) is 17.9. The molecule has 0 radical (unpaired) electrons. The molecule has 1 heteroatoms. The molecule has 0 amide bonds. The minimum atomic E-state index is 0.111. The molecule has 180 valence electrons. The van der Waals surface area contributed by atoms with E-state index in [2.05, 4.69) is 133 Å². The Balaban J connectivity index is 1.89. The van der Waals surface area contributed by atoms with Crippen LogP contribution in [0.2, 0.25) is 0 Å². The van der Waals surface area contributed by atoms with Crippen LogP contribution in [0, 0.1) is 41.5 Å². The van der Waals surface area contributed by atoms with Gasteiger partial charge in [-0.05, 0) is 90.6 Å². The lowest BCUT2D eigenvalue weighted by Gasteiger charge is -2.28. The molecule has 0 spiro atoms. The Kier molecular flexibility index (Phi) is 5.68. The molecule has 0 saturated heterocycles. The fraction of sp³-hybridized carbons (Fsp3) is 0.167. The second-order valence-electron chi connectivity index (χ2n) is 10.8. The van der Waals surface area contributed by atoms with Crippen molar-refractivity contribution in [2.45, 2.75) is 41.5 Å². The van der Waals surface area contributed by atoms with Crippen molar-refractivity contribution < 1.29 is 0 Å². The third kappa shape index (κ3) is 3.68. The molecule has 0 nitrogen and oxygen atoms in total. The summed E-state index contributed by atoms with van der Waals surface area (Å²) in [7, 11) is 0. The largest absolute Gasteiger partial charge is 0.244 e. The molecule has 6 aromatic carbocycles. The van der Waals surface area contributed by atoms with Crippen LogP contribution in [0.15, 0.2) is 91.0 Å². The van der Waals surface area contributed by atoms with E-state index in [0.717, 1.165) is 0 Å². The SMILES string of the molecule is Cc1cc2ccccc2c(B(c2c(C)c(C)cc3ccccc23)c2c(C)c(C)cc3ccccc23)c1C. The van der Waals surface area contributed by atoms with Crippen LogP contribution in [0.1, 0.15) is 33.4 Å². The van der Waals surface area contributed by atoms with Gasteiger partial charge in [0.15, 0.2) is 0 Å². The van der Waals surface area contributed by atoms with Crippen molar-refractivity contribution in [2.24, 2.45) is 0 Å². The van der Waals surface area contributed by atoms with Gasteiger partial charge in [0.1, 0.15) is 0 Å². The first kappa shape index (κ1) is 23.6. The third-order valence-corrected chi connectivity index (χ3v) is 8.72. The minimum absolute atomic E-state index is 0.111. The summed E-state index contributed by atoms with van der Waals surface area (Å²) >= 11 is 0. The molecule has 0 aromatic heterocycles. The topological polar surface area (TPSA) is 0 Å². The van der Waals surface area contributed by atoms with Gasteiger partial charge in [0.05, 0.1) is 0 Å². The van der Waals surface area contributed by atoms with Gasteiger partial charge in [-0.25, -0.2) is 0 Å². The highest BCUT2D eigenvalue weighted by molar-refractivity contribution is 7.00. The van der Waals surface area contributed by atoms with Crippen molar-refractivity contribution in [2.75, 3.05) is 0 Å². The maximum absolute atomic E-state index is 2.35. The fourth-order valence-electron chi connectivity index (χ4n) is 6.42. The van der Waals surface area contributed by atoms with Gasteiger partial charge in [-0.2, -0.15) is 0 Å². The smallest absolute Gasteiger partial charge is 0.0616 e. The zero-order chi connectivity index (χ0) is 25.8. The van der Waals surface area contributed by atoms with Crippen LogP contribution >= 0.6 is 0 Å². The van der Waals surface area contributed by atoms with Crippen LogP contribution in [-0.4, -0.2) is 6.71 Å². The van der Waals surface area contributed by atoms with Gasteiger partial charge in [-0.3, -0.25) is 0 Å². The summed E-state index contributed by atoms with van der Waals surface area (Å²) in [4.78, 5) is 0. The van der Waals surface area contributed by atoms with Crippen LogP contribution < -0.4 is 16.4 Å². The van der Waals surface area contributed by atoms with E-state index >= 15 is 0 Å². The molecule has 0 aliphatic heterocycles. The Bertz CT molecular complexity index is 1620. The summed E-state index contributed by atoms with van der Waals surface area (Å²) in [5, 5.41) is 8.00. The van der Waals surface area contributed by atoms with E-state index in [4.69, 9.17) is 0 Å². The fourth-order valence-corrected chi connectivity index (χ4v) is 6.42. The van der Waals surface area contributed by atoms with Crippen molar-refractivity contribution in [3.63, 3.8) is 0 Å². The summed E-state index contributed by atoms with van der Waals surface area (Å²) in [6, 6.07) is 33.9. The van der Waals surface area contributed by atoms with Gasteiger partial charge in [0.25, 0.3) is 0 Å². The number of hydrogen-bond acceptors (Lipinski definition) is 0. The van der Waals surface area contributed by atoms with Gasteiger partial charge < -0.3 is 0 Å². The highest BCUT2D eigenvalue weighted by atomic mass is 14.2. The number of aryl methyl sites for hydroxylation is 3. The number of hydrogen-bond donors (Lipinski definition) is 0. The molecule has 6 rings (SSSR count). The average Bonchev–Trinajstić information content (AvgIpc) is 2.90. The second-order valence-corrected chi connectivity index (χ2v) is 10.8. The molecular formula is C36H33B. The Labute approximate surface area is 221 Å². The molecular weight excluding hydrogens is 443 g/mol. The number of fused-ring (bicyclic) bond motifs is 3. The van der Waals surface area contributed by atoms with Crippen LogP contribution in [-0.2, 0) is 0 Å². The lowest BCUT2D eigenvalue weighted by molar-refractivity contribution is 1.37. The highest BCUT2D eigenvalue weighted by Crippen LogP contribution is 2.26. The van der Waals surface area contributed by atoms with E-state index in [0.29, 0.717) is 0 Å². The predicted octanol–water partition coefficient (Wildman–Crippen LogP) is 7.51. The van der Waals surface area contributed by atoms with Gasteiger partial charge in [-0.1, -0.05) is 124 Å². The highest BCUT2D eigenvalue weighted by Gasteiger charge is 2.32. The predicted molar refractivity (Wildman–Crippen MR) is 165 cm³/mol. The standard InChI is InChI=1S/C36H33B/c1-22-19-28-13-7-10-16-31(28)34(25(22)4)37(35-26(5)23(2)20-29-14-8-11-17-32(29)35)36-27(6)24(3)21-30-15-9-12-18-33(30)36/h7-21H,1-6H3. The van der Waals surface area contributed by atoms with Gasteiger partial charge >= 0.3 is 0 Å². The molecule has 0 bridgehead atoms. The summed E-state index contributed by atoms with van der Waals surface area (Å²) < 4.78 is 0. The molecule has 0 fully saturated rings. The van der Waals surface area contributed by atoms with E-state index in [1.54, 1.807) is 0 Å². The lowest BCUT2D eigenvalue weighted by atomic mass is 9.33. The summed E-state index contributed by atoms with van der Waals surface area (Å²) in [6.07, 6.45) is 0. The maximum atomic E-state index is 2.35. The average molecular weight is 476 g/mol. The van der Waals surface area contributed by atoms with Crippen molar-refractivity contribution >= 4 is 55.4 Å². The van der Waals surface area contributed by atoms with Crippen molar-refractivity contribution in [3.05, 3.63) is 124 Å². The Morgan fingerprint density at radius 1 is 0.378 bits per heavy atom. The molecule has 0 saturated carbocycles. The quantitative estimate of drug-likeness (QED) is 0.232. The number of rotatable bonds is 3. The van der Waals surface area contributed by atoms with Crippen molar-refractivity contribution in [1.82, 2.24) is 0 Å². The molecule has 0 N–H and O–H groups in total. The first-order valence-electron chi connectivity index (χ1n) is 13.3. The van der Waals surface area contributed by atoms with Gasteiger partial charge in [0, 0.05) is 0 Å². The molecule has 37 heavy (non-hydrogen) atoms. The van der Waals surface area contributed by atoms with Gasteiger partial charge in [0.2, 0.25) is 6.71 Å². The second kappa shape index (κ2) is 8.92. The van der Waals surface area contributed by atoms with Crippen LogP contribution in [0.25, 0.3) is 32.3 Å². The Hall–Kier alpha value is -3.84. The molecule has 0 atom stereocenters. The van der Waals surface area contributed by atoms with Crippen molar-refractivity contribution in [1.29, 1.82) is 0 Å². The minimum Gasteiger partial charge on any atom is -0.0616 e. The summed E-state index contributed by atoms with van der Waals surface area (Å²) in [5.41, 5.74) is 12.5. The summed E-state index contributed by atoms with van der Waals surface area (Å²) in [5.74, 6) is 0. The monoisotopic (exact) mass is 476 g/mol. The summed E-state index contributed by atoms with van der Waals surface area (Å²) in [6.45, 7) is 13.9. The molecule has 0 unspecified atom stereocenters. The lowest BCUT2D eigenvalue weighted by Crippen LogP contribution is -2.56. The Morgan fingerprint density at radius 2 is 0.649 bits per heavy atom. The van der Waals surface area contributed by atoms with Crippen LogP contribution in [0.3, 0.4) is 0 Å². The molecule has 6 aromatic rings. The number of benzene rings is 6. The molecule has 0 aliphatic rings. The van der Waals surface area contributed by atoms with E-state index in [-0.39, 0.29) is 6.71 Å². The Morgan fingerprint density at radius 3 is 0.946 bits per heavy atom. The molecule has 0 heterocycles.